The molecule has 1 aromatic rings. The average molecular weight is 316 g/mol. The van der Waals surface area contributed by atoms with E-state index in [1.807, 2.05) is 0 Å². The van der Waals surface area contributed by atoms with Crippen molar-refractivity contribution in [2.45, 2.75) is 24.0 Å². The predicted octanol–water partition coefficient (Wildman–Crippen LogP) is 0.365. The first-order chi connectivity index (χ1) is 9.86. The molecule has 1 N–H and O–H groups in total. The van der Waals surface area contributed by atoms with E-state index in [-0.39, 0.29) is 36.4 Å². The van der Waals surface area contributed by atoms with E-state index in [9.17, 15) is 18.5 Å². The number of aliphatic hydroxyl groups excluding tert-OH is 1. The molecule has 0 spiro atoms. The van der Waals surface area contributed by atoms with Crippen molar-refractivity contribution in [2.24, 2.45) is 0 Å². The molecule has 0 saturated carbocycles. The molecule has 2 atom stereocenters. The molecule has 1 aliphatic rings. The first-order valence-electron chi connectivity index (χ1n) is 6.35. The smallest absolute Gasteiger partial charge is 0.269 e. The van der Waals surface area contributed by atoms with Crippen molar-refractivity contribution in [2.75, 3.05) is 19.8 Å². The largest absolute Gasteiger partial charge is 0.394 e. The molecule has 1 aliphatic heterocycles. The highest BCUT2D eigenvalue weighted by atomic mass is 32.2. The van der Waals surface area contributed by atoms with E-state index in [4.69, 9.17) is 9.84 Å². The Morgan fingerprint density at radius 2 is 2.05 bits per heavy atom. The van der Waals surface area contributed by atoms with Gasteiger partial charge in [0.25, 0.3) is 5.69 Å². The van der Waals surface area contributed by atoms with Gasteiger partial charge in [0.15, 0.2) is 0 Å². The predicted molar refractivity (Wildman–Crippen MR) is 73.3 cm³/mol. The maximum Gasteiger partial charge on any atom is 0.269 e. The minimum absolute atomic E-state index is 0.0152. The maximum atomic E-state index is 12.6. The molecular formula is C12H16N2O6S. The number of non-ortho nitro benzene ring substituents is 1. The van der Waals surface area contributed by atoms with Crippen molar-refractivity contribution in [3.05, 3.63) is 34.4 Å². The van der Waals surface area contributed by atoms with Gasteiger partial charge in [-0.2, -0.15) is 4.31 Å². The third-order valence-corrected chi connectivity index (χ3v) is 5.30. The fourth-order valence-corrected chi connectivity index (χ4v) is 3.76. The fraction of sp³-hybridized carbons (Fsp3) is 0.500. The first kappa shape index (κ1) is 15.8. The van der Waals surface area contributed by atoms with Crippen molar-refractivity contribution in [3.8, 4) is 0 Å². The van der Waals surface area contributed by atoms with E-state index in [0.29, 0.717) is 0 Å². The number of sulfonamides is 1. The van der Waals surface area contributed by atoms with E-state index >= 15 is 0 Å². The zero-order chi connectivity index (χ0) is 15.6. The van der Waals surface area contributed by atoms with Gasteiger partial charge >= 0.3 is 0 Å². The normalized spacial score (nSPS) is 23.9. The molecule has 8 nitrogen and oxygen atoms in total. The van der Waals surface area contributed by atoms with Gasteiger partial charge in [-0.25, -0.2) is 8.42 Å². The van der Waals surface area contributed by atoms with Crippen molar-refractivity contribution >= 4 is 15.7 Å². The molecule has 0 radical (unpaired) electrons. The molecule has 21 heavy (non-hydrogen) atoms. The Kier molecular flexibility index (Phi) is 4.57. The third-order valence-electron chi connectivity index (χ3n) is 3.31. The number of aliphatic hydroxyl groups is 1. The van der Waals surface area contributed by atoms with Crippen LogP contribution >= 0.6 is 0 Å². The van der Waals surface area contributed by atoms with Crippen LogP contribution in [0.2, 0.25) is 0 Å². The summed E-state index contributed by atoms with van der Waals surface area (Å²) in [6.45, 7) is 1.68. The lowest BCUT2D eigenvalue weighted by Crippen LogP contribution is -2.51. The van der Waals surface area contributed by atoms with E-state index in [0.717, 1.165) is 12.1 Å². The Labute approximate surface area is 122 Å². The highest BCUT2D eigenvalue weighted by molar-refractivity contribution is 7.89. The first-order valence-corrected chi connectivity index (χ1v) is 7.79. The Hall–Kier alpha value is -1.55. The van der Waals surface area contributed by atoms with Crippen LogP contribution in [0.15, 0.2) is 29.2 Å². The van der Waals surface area contributed by atoms with Gasteiger partial charge in [-0.3, -0.25) is 10.1 Å². The molecule has 2 rings (SSSR count). The van der Waals surface area contributed by atoms with E-state index in [2.05, 4.69) is 0 Å². The van der Waals surface area contributed by atoms with Crippen LogP contribution in [0.3, 0.4) is 0 Å². The number of nitrogens with zero attached hydrogens (tertiary/aromatic N) is 2. The van der Waals surface area contributed by atoms with Crippen molar-refractivity contribution in [1.29, 1.82) is 0 Å². The van der Waals surface area contributed by atoms with Crippen molar-refractivity contribution in [3.63, 3.8) is 0 Å². The summed E-state index contributed by atoms with van der Waals surface area (Å²) in [7, 11) is -3.78. The average Bonchev–Trinajstić information content (AvgIpc) is 2.47. The summed E-state index contributed by atoms with van der Waals surface area (Å²) in [5.74, 6) is 0. The molecule has 0 aliphatic carbocycles. The summed E-state index contributed by atoms with van der Waals surface area (Å²) in [4.78, 5) is 10.00. The Morgan fingerprint density at radius 3 is 2.57 bits per heavy atom. The number of nitro groups is 1. The van der Waals surface area contributed by atoms with Gasteiger partial charge in [0.2, 0.25) is 10.0 Å². The molecule has 9 heteroatoms. The van der Waals surface area contributed by atoms with Crippen molar-refractivity contribution in [1.82, 2.24) is 4.31 Å². The standard InChI is InChI=1S/C12H16N2O6S/c1-9-8-20-11(7-15)6-13(9)21(18,19)12-4-2-10(3-5-12)14(16)17/h2-5,9,11,15H,6-8H2,1H3. The SMILES string of the molecule is CC1COC(CO)CN1S(=O)(=O)c1ccc([N+](=O)[O-])cc1. The van der Waals surface area contributed by atoms with E-state index < -0.39 is 21.1 Å². The summed E-state index contributed by atoms with van der Waals surface area (Å²) < 4.78 is 31.7. The van der Waals surface area contributed by atoms with E-state index in [1.54, 1.807) is 6.92 Å². The van der Waals surface area contributed by atoms with Gasteiger partial charge in [-0.15, -0.1) is 0 Å². The van der Waals surface area contributed by atoms with Gasteiger partial charge in [-0.05, 0) is 19.1 Å². The number of benzene rings is 1. The molecule has 0 aromatic heterocycles. The molecule has 1 fully saturated rings. The Morgan fingerprint density at radius 1 is 1.43 bits per heavy atom. The van der Waals surface area contributed by atoms with E-state index in [1.165, 1.54) is 16.4 Å². The molecular weight excluding hydrogens is 300 g/mol. The topological polar surface area (TPSA) is 110 Å². The lowest BCUT2D eigenvalue weighted by atomic mass is 10.2. The molecule has 0 bridgehead atoms. The van der Waals surface area contributed by atoms with Crippen molar-refractivity contribution < 1.29 is 23.2 Å². The zero-order valence-corrected chi connectivity index (χ0v) is 12.2. The quantitative estimate of drug-likeness (QED) is 0.634. The number of hydrogen-bond acceptors (Lipinski definition) is 6. The third kappa shape index (κ3) is 3.21. The monoisotopic (exact) mass is 316 g/mol. The maximum absolute atomic E-state index is 12.6. The lowest BCUT2D eigenvalue weighted by Gasteiger charge is -2.36. The van der Waals surface area contributed by atoms with Crippen LogP contribution in [0.1, 0.15) is 6.92 Å². The second-order valence-corrected chi connectivity index (χ2v) is 6.70. The molecule has 1 saturated heterocycles. The molecule has 116 valence electrons. The molecule has 1 aromatic carbocycles. The lowest BCUT2D eigenvalue weighted by molar-refractivity contribution is -0.384. The van der Waals surface area contributed by atoms with Crippen LogP contribution in [-0.2, 0) is 14.8 Å². The van der Waals surface area contributed by atoms with Crippen LogP contribution < -0.4 is 0 Å². The van der Waals surface area contributed by atoms with Gasteiger partial charge in [-0.1, -0.05) is 0 Å². The highest BCUT2D eigenvalue weighted by Crippen LogP contribution is 2.24. The van der Waals surface area contributed by atoms with Gasteiger partial charge < -0.3 is 9.84 Å². The Bertz CT molecular complexity index is 615. The summed E-state index contributed by atoms with van der Waals surface area (Å²) >= 11 is 0. The second kappa shape index (κ2) is 6.06. The molecule has 2 unspecified atom stereocenters. The van der Waals surface area contributed by atoms with Crippen LogP contribution in [0.4, 0.5) is 5.69 Å². The highest BCUT2D eigenvalue weighted by Gasteiger charge is 2.35. The summed E-state index contributed by atoms with van der Waals surface area (Å²) in [5, 5.41) is 19.7. The van der Waals surface area contributed by atoms with Crippen LogP contribution in [0, 0.1) is 10.1 Å². The van der Waals surface area contributed by atoms with Crippen LogP contribution in [-0.4, -0.2) is 54.7 Å². The van der Waals surface area contributed by atoms with Gasteiger partial charge in [0, 0.05) is 24.7 Å². The molecule has 0 amide bonds. The second-order valence-electron chi connectivity index (χ2n) is 4.81. The van der Waals surface area contributed by atoms with Gasteiger partial charge in [0.1, 0.15) is 0 Å². The number of hydrogen-bond donors (Lipinski definition) is 1. The minimum atomic E-state index is -3.78. The Balaban J connectivity index is 2.29. The number of ether oxygens (including phenoxy) is 1. The van der Waals surface area contributed by atoms with Gasteiger partial charge in [0.05, 0.1) is 29.1 Å². The van der Waals surface area contributed by atoms with Crippen LogP contribution in [0.5, 0.6) is 0 Å². The zero-order valence-electron chi connectivity index (χ0n) is 11.4. The number of nitro benzene ring substituents is 1. The summed E-state index contributed by atoms with van der Waals surface area (Å²) in [5.41, 5.74) is -0.169. The molecule has 1 heterocycles. The number of morpholine rings is 1. The van der Waals surface area contributed by atoms with Crippen LogP contribution in [0.25, 0.3) is 0 Å². The fourth-order valence-electron chi connectivity index (χ4n) is 2.11. The number of rotatable bonds is 4. The minimum Gasteiger partial charge on any atom is -0.394 e. The summed E-state index contributed by atoms with van der Waals surface area (Å²) in [6.07, 6.45) is -0.561. The summed E-state index contributed by atoms with van der Waals surface area (Å²) in [6, 6.07) is 4.36.